The summed E-state index contributed by atoms with van der Waals surface area (Å²) in [6.45, 7) is 3.74. The van der Waals surface area contributed by atoms with E-state index in [1.807, 2.05) is 12.1 Å². The lowest BCUT2D eigenvalue weighted by atomic mass is 9.95. The number of aromatic nitrogens is 2. The van der Waals surface area contributed by atoms with Crippen molar-refractivity contribution in [1.29, 1.82) is 0 Å². The number of esters is 1. The molecule has 0 N–H and O–H groups in total. The van der Waals surface area contributed by atoms with Crippen LogP contribution < -0.4 is 4.74 Å². The third-order valence-electron chi connectivity index (χ3n) is 3.29. The molecule has 23 heavy (non-hydrogen) atoms. The Bertz CT molecular complexity index is 679. The van der Waals surface area contributed by atoms with E-state index in [2.05, 4.69) is 10.2 Å². The molecule has 0 aliphatic rings. The molecule has 6 heteroatoms. The Balaban J connectivity index is 2.04. The van der Waals surface area contributed by atoms with Crippen molar-refractivity contribution in [2.24, 2.45) is 5.41 Å². The van der Waals surface area contributed by atoms with Crippen molar-refractivity contribution in [1.82, 2.24) is 10.2 Å². The third kappa shape index (κ3) is 4.12. The maximum absolute atomic E-state index is 11.6. The second-order valence-electron chi connectivity index (χ2n) is 5.65. The molecule has 0 saturated carbocycles. The van der Waals surface area contributed by atoms with Crippen LogP contribution in [0.15, 0.2) is 36.4 Å². The normalized spacial score (nSPS) is 10.9. The number of benzene rings is 1. The summed E-state index contributed by atoms with van der Waals surface area (Å²) in [5.41, 5.74) is 1.09. The van der Waals surface area contributed by atoms with Crippen molar-refractivity contribution >= 4 is 12.3 Å². The first-order valence-electron chi connectivity index (χ1n) is 7.07. The SMILES string of the molecule is COC(=O)C(C)(C)COc1ccc(-c2ccc(C=O)nn2)cc1. The fourth-order valence-electron chi connectivity index (χ4n) is 1.88. The van der Waals surface area contributed by atoms with Gasteiger partial charge in [-0.05, 0) is 50.2 Å². The highest BCUT2D eigenvalue weighted by Crippen LogP contribution is 2.23. The molecule has 0 amide bonds. The van der Waals surface area contributed by atoms with Gasteiger partial charge in [0.2, 0.25) is 0 Å². The van der Waals surface area contributed by atoms with Gasteiger partial charge >= 0.3 is 5.97 Å². The Morgan fingerprint density at radius 1 is 1.13 bits per heavy atom. The van der Waals surface area contributed by atoms with Gasteiger partial charge in [-0.15, -0.1) is 10.2 Å². The summed E-state index contributed by atoms with van der Waals surface area (Å²) in [4.78, 5) is 22.2. The van der Waals surface area contributed by atoms with Crippen LogP contribution in [-0.2, 0) is 9.53 Å². The van der Waals surface area contributed by atoms with Crippen LogP contribution in [0.3, 0.4) is 0 Å². The number of hydrogen-bond donors (Lipinski definition) is 0. The van der Waals surface area contributed by atoms with Gasteiger partial charge in [0.15, 0.2) is 6.29 Å². The summed E-state index contributed by atoms with van der Waals surface area (Å²) in [7, 11) is 1.36. The van der Waals surface area contributed by atoms with E-state index in [1.165, 1.54) is 7.11 Å². The molecule has 2 aromatic rings. The van der Waals surface area contributed by atoms with Crippen molar-refractivity contribution < 1.29 is 19.1 Å². The zero-order valence-corrected chi connectivity index (χ0v) is 13.3. The van der Waals surface area contributed by atoms with Gasteiger partial charge in [0, 0.05) is 5.56 Å². The fraction of sp³-hybridized carbons (Fsp3) is 0.294. The van der Waals surface area contributed by atoms with E-state index < -0.39 is 5.41 Å². The van der Waals surface area contributed by atoms with Gasteiger partial charge in [-0.25, -0.2) is 0 Å². The predicted octanol–water partition coefficient (Wildman–Crippen LogP) is 2.53. The molecule has 0 aliphatic heterocycles. The smallest absolute Gasteiger partial charge is 0.314 e. The Hall–Kier alpha value is -2.76. The molecule has 0 unspecified atom stereocenters. The molecule has 0 aliphatic carbocycles. The lowest BCUT2D eigenvalue weighted by molar-refractivity contribution is -0.152. The molecule has 0 fully saturated rings. The Morgan fingerprint density at radius 2 is 1.83 bits per heavy atom. The number of ether oxygens (including phenoxy) is 2. The van der Waals surface area contributed by atoms with Crippen LogP contribution in [0.1, 0.15) is 24.3 Å². The third-order valence-corrected chi connectivity index (χ3v) is 3.29. The van der Waals surface area contributed by atoms with Gasteiger partial charge < -0.3 is 9.47 Å². The maximum Gasteiger partial charge on any atom is 0.314 e. The largest absolute Gasteiger partial charge is 0.492 e. The number of carbonyl (C=O) groups excluding carboxylic acids is 2. The lowest BCUT2D eigenvalue weighted by Crippen LogP contribution is -2.32. The minimum atomic E-state index is -0.719. The molecule has 2 rings (SSSR count). The predicted molar refractivity (Wildman–Crippen MR) is 84.1 cm³/mol. The quantitative estimate of drug-likeness (QED) is 0.602. The zero-order chi connectivity index (χ0) is 16.9. The highest BCUT2D eigenvalue weighted by atomic mass is 16.5. The molecular weight excluding hydrogens is 296 g/mol. The van der Waals surface area contributed by atoms with E-state index in [9.17, 15) is 9.59 Å². The van der Waals surface area contributed by atoms with Gasteiger partial charge in [-0.1, -0.05) is 0 Å². The molecule has 1 heterocycles. The van der Waals surface area contributed by atoms with E-state index in [0.29, 0.717) is 23.4 Å². The topological polar surface area (TPSA) is 78.4 Å². The summed E-state index contributed by atoms with van der Waals surface area (Å²) < 4.78 is 10.4. The van der Waals surface area contributed by atoms with E-state index in [-0.39, 0.29) is 12.6 Å². The molecule has 6 nitrogen and oxygen atoms in total. The van der Waals surface area contributed by atoms with Crippen LogP contribution in [0.4, 0.5) is 0 Å². The van der Waals surface area contributed by atoms with E-state index in [4.69, 9.17) is 9.47 Å². The van der Waals surface area contributed by atoms with Gasteiger partial charge in [-0.2, -0.15) is 0 Å². The van der Waals surface area contributed by atoms with Crippen LogP contribution in [0, 0.1) is 5.41 Å². The molecule has 0 saturated heterocycles. The zero-order valence-electron chi connectivity index (χ0n) is 13.3. The van der Waals surface area contributed by atoms with Crippen molar-refractivity contribution in [3.63, 3.8) is 0 Å². The molecule has 0 bridgehead atoms. The highest BCUT2D eigenvalue weighted by Gasteiger charge is 2.29. The molecule has 0 spiro atoms. The summed E-state index contributed by atoms with van der Waals surface area (Å²) in [6, 6.07) is 10.6. The molecule has 120 valence electrons. The van der Waals surface area contributed by atoms with Gasteiger partial charge in [0.25, 0.3) is 0 Å². The van der Waals surface area contributed by atoms with Crippen LogP contribution in [-0.4, -0.2) is 36.2 Å². The van der Waals surface area contributed by atoms with Gasteiger partial charge in [-0.3, -0.25) is 9.59 Å². The summed E-state index contributed by atoms with van der Waals surface area (Å²) in [5, 5.41) is 7.78. The molecule has 0 atom stereocenters. The summed E-state index contributed by atoms with van der Waals surface area (Å²) >= 11 is 0. The van der Waals surface area contributed by atoms with Crippen LogP contribution in [0.5, 0.6) is 5.75 Å². The molecule has 1 aromatic heterocycles. The molecule has 1 aromatic carbocycles. The average molecular weight is 314 g/mol. The standard InChI is InChI=1S/C17H18N2O4/c1-17(2,16(21)22-3)11-23-14-7-4-12(5-8-14)15-9-6-13(10-20)18-19-15/h4-10H,11H2,1-3H3. The number of carbonyl (C=O) groups is 2. The fourth-order valence-corrected chi connectivity index (χ4v) is 1.88. The minimum Gasteiger partial charge on any atom is -0.492 e. The van der Waals surface area contributed by atoms with Crippen molar-refractivity contribution in [2.45, 2.75) is 13.8 Å². The lowest BCUT2D eigenvalue weighted by Gasteiger charge is -2.21. The summed E-state index contributed by atoms with van der Waals surface area (Å²) in [6.07, 6.45) is 0.650. The minimum absolute atomic E-state index is 0.215. The molecular formula is C17H18N2O4. The second kappa shape index (κ2) is 7.00. The monoisotopic (exact) mass is 314 g/mol. The maximum atomic E-state index is 11.6. The number of methoxy groups -OCH3 is 1. The number of nitrogens with zero attached hydrogens (tertiary/aromatic N) is 2. The van der Waals surface area contributed by atoms with Gasteiger partial charge in [0.05, 0.1) is 18.2 Å². The van der Waals surface area contributed by atoms with Crippen LogP contribution in [0.2, 0.25) is 0 Å². The second-order valence-corrected chi connectivity index (χ2v) is 5.65. The van der Waals surface area contributed by atoms with Crippen molar-refractivity contribution in [3.8, 4) is 17.0 Å². The van der Waals surface area contributed by atoms with Crippen LogP contribution >= 0.6 is 0 Å². The Morgan fingerprint density at radius 3 is 2.35 bits per heavy atom. The average Bonchev–Trinajstić information content (AvgIpc) is 2.60. The van der Waals surface area contributed by atoms with E-state index >= 15 is 0 Å². The first-order valence-corrected chi connectivity index (χ1v) is 7.07. The Kier molecular flexibility index (Phi) is 5.05. The first kappa shape index (κ1) is 16.6. The van der Waals surface area contributed by atoms with Crippen molar-refractivity contribution in [3.05, 3.63) is 42.1 Å². The number of hydrogen-bond acceptors (Lipinski definition) is 6. The van der Waals surface area contributed by atoms with E-state index in [1.54, 1.807) is 38.1 Å². The number of rotatable bonds is 6. The first-order chi connectivity index (χ1) is 11.0. The number of aldehydes is 1. The Labute approximate surface area is 134 Å². The van der Waals surface area contributed by atoms with Crippen LogP contribution in [0.25, 0.3) is 11.3 Å². The highest BCUT2D eigenvalue weighted by molar-refractivity contribution is 5.76. The van der Waals surface area contributed by atoms with Gasteiger partial charge in [0.1, 0.15) is 18.1 Å². The molecule has 0 radical (unpaired) electrons. The van der Waals surface area contributed by atoms with E-state index in [0.717, 1.165) is 5.56 Å². The van der Waals surface area contributed by atoms with Crippen molar-refractivity contribution in [2.75, 3.05) is 13.7 Å². The summed E-state index contributed by atoms with van der Waals surface area (Å²) in [5.74, 6) is 0.322.